The molecular weight excluding hydrogens is 412 g/mol. The van der Waals surface area contributed by atoms with Gasteiger partial charge in [-0.15, -0.1) is 0 Å². The summed E-state index contributed by atoms with van der Waals surface area (Å²) in [7, 11) is 6.18. The van der Waals surface area contributed by atoms with Crippen molar-refractivity contribution in [1.29, 1.82) is 0 Å². The Balaban J connectivity index is 1.75. The van der Waals surface area contributed by atoms with Gasteiger partial charge in [0.1, 0.15) is 5.75 Å². The molecule has 0 aromatic heterocycles. The average Bonchev–Trinajstić information content (AvgIpc) is 3.23. The highest BCUT2D eigenvalue weighted by Gasteiger charge is 2.36. The van der Waals surface area contributed by atoms with Gasteiger partial charge < -0.3 is 29.2 Å². The van der Waals surface area contributed by atoms with Gasteiger partial charge in [-0.1, -0.05) is 19.1 Å². The lowest BCUT2D eigenvalue weighted by Crippen LogP contribution is -2.35. The minimum Gasteiger partial charge on any atom is -0.497 e. The lowest BCUT2D eigenvalue weighted by molar-refractivity contribution is -0.127. The molecule has 0 bridgehead atoms. The Kier molecular flexibility index (Phi) is 7.45. The lowest BCUT2D eigenvalue weighted by atomic mass is 10.0. The van der Waals surface area contributed by atoms with Crippen molar-refractivity contribution in [2.75, 3.05) is 39.9 Å². The van der Waals surface area contributed by atoms with Gasteiger partial charge in [0.05, 0.1) is 46.1 Å². The average molecular weight is 443 g/mol. The number of carbonyl (C=O) groups excluding carboxylic acids is 2. The largest absolute Gasteiger partial charge is 0.497 e. The molecule has 8 nitrogen and oxygen atoms in total. The van der Waals surface area contributed by atoms with Crippen LogP contribution in [0.1, 0.15) is 31.4 Å². The zero-order chi connectivity index (χ0) is 23.3. The standard InChI is InChI=1S/C24H30N2O6/c1-6-19(15-7-9-18(29-2)10-8-15)25-24(28)16-11-22(27)26(14-16)17-12-20(30-3)23(32-5)21(13-17)31-4/h7-10,12-13,16,19H,6,11,14H2,1-5H3,(H,25,28). The van der Waals surface area contributed by atoms with Gasteiger partial charge in [-0.2, -0.15) is 0 Å². The molecule has 2 amide bonds. The Bertz CT molecular complexity index is 934. The highest BCUT2D eigenvalue weighted by Crippen LogP contribution is 2.42. The molecule has 32 heavy (non-hydrogen) atoms. The van der Waals surface area contributed by atoms with Crippen molar-refractivity contribution in [3.8, 4) is 23.0 Å². The first-order chi connectivity index (χ1) is 15.4. The van der Waals surface area contributed by atoms with Crippen molar-refractivity contribution in [1.82, 2.24) is 5.32 Å². The van der Waals surface area contributed by atoms with E-state index in [-0.39, 0.29) is 30.8 Å². The van der Waals surface area contributed by atoms with Crippen molar-refractivity contribution in [3.63, 3.8) is 0 Å². The number of amides is 2. The van der Waals surface area contributed by atoms with Gasteiger partial charge in [-0.3, -0.25) is 9.59 Å². The lowest BCUT2D eigenvalue weighted by Gasteiger charge is -2.22. The first-order valence-electron chi connectivity index (χ1n) is 10.5. The van der Waals surface area contributed by atoms with Crippen LogP contribution in [0.3, 0.4) is 0 Å². The SMILES string of the molecule is CCC(NC(=O)C1CC(=O)N(c2cc(OC)c(OC)c(OC)c2)C1)c1ccc(OC)cc1. The zero-order valence-electron chi connectivity index (χ0n) is 19.1. The van der Waals surface area contributed by atoms with Gasteiger partial charge in [0, 0.05) is 25.1 Å². The van der Waals surface area contributed by atoms with E-state index in [0.717, 1.165) is 17.7 Å². The molecular formula is C24H30N2O6. The number of ether oxygens (including phenoxy) is 4. The van der Waals surface area contributed by atoms with Crippen LogP contribution < -0.4 is 29.2 Å². The fraction of sp³-hybridized carbons (Fsp3) is 0.417. The molecule has 0 aliphatic carbocycles. The summed E-state index contributed by atoms with van der Waals surface area (Å²) >= 11 is 0. The quantitative estimate of drug-likeness (QED) is 0.641. The highest BCUT2D eigenvalue weighted by molar-refractivity contribution is 6.00. The molecule has 1 fully saturated rings. The Morgan fingerprint density at radius 3 is 2.16 bits per heavy atom. The number of rotatable bonds is 9. The van der Waals surface area contributed by atoms with Crippen LogP contribution in [-0.4, -0.2) is 46.8 Å². The second-order valence-electron chi connectivity index (χ2n) is 7.53. The molecule has 3 rings (SSSR count). The van der Waals surface area contributed by atoms with Crippen molar-refractivity contribution in [2.45, 2.75) is 25.8 Å². The molecule has 0 radical (unpaired) electrons. The molecule has 172 valence electrons. The fourth-order valence-corrected chi connectivity index (χ4v) is 3.90. The van der Waals surface area contributed by atoms with Crippen LogP contribution in [0.5, 0.6) is 23.0 Å². The molecule has 2 atom stereocenters. The van der Waals surface area contributed by atoms with Crippen LogP contribution in [0, 0.1) is 5.92 Å². The van der Waals surface area contributed by atoms with E-state index in [1.807, 2.05) is 31.2 Å². The Labute approximate surface area is 188 Å². The minimum atomic E-state index is -0.450. The molecule has 1 aliphatic rings. The third-order valence-corrected chi connectivity index (χ3v) is 5.70. The number of hydrogen-bond acceptors (Lipinski definition) is 6. The smallest absolute Gasteiger partial charge is 0.227 e. The van der Waals surface area contributed by atoms with E-state index in [0.29, 0.717) is 22.9 Å². The third-order valence-electron chi connectivity index (χ3n) is 5.70. The van der Waals surface area contributed by atoms with Crippen LogP contribution in [0.25, 0.3) is 0 Å². The van der Waals surface area contributed by atoms with Gasteiger partial charge in [0.15, 0.2) is 11.5 Å². The number of benzene rings is 2. The molecule has 8 heteroatoms. The maximum absolute atomic E-state index is 13.0. The van der Waals surface area contributed by atoms with Gasteiger partial charge in [-0.25, -0.2) is 0 Å². The van der Waals surface area contributed by atoms with Crippen molar-refractivity contribution < 1.29 is 28.5 Å². The summed E-state index contributed by atoms with van der Waals surface area (Å²) in [6.07, 6.45) is 0.872. The molecule has 1 aliphatic heterocycles. The summed E-state index contributed by atoms with van der Waals surface area (Å²) in [4.78, 5) is 27.3. The predicted octanol–water partition coefficient (Wildman–Crippen LogP) is 3.34. The van der Waals surface area contributed by atoms with Crippen molar-refractivity contribution in [2.24, 2.45) is 5.92 Å². The summed E-state index contributed by atoms with van der Waals surface area (Å²) in [5, 5.41) is 3.09. The Morgan fingerprint density at radius 1 is 1.03 bits per heavy atom. The van der Waals surface area contributed by atoms with Gasteiger partial charge in [0.25, 0.3) is 0 Å². The third kappa shape index (κ3) is 4.74. The van der Waals surface area contributed by atoms with Crippen LogP contribution in [0.15, 0.2) is 36.4 Å². The number of methoxy groups -OCH3 is 4. The predicted molar refractivity (Wildman–Crippen MR) is 121 cm³/mol. The topological polar surface area (TPSA) is 86.3 Å². The summed E-state index contributed by atoms with van der Waals surface area (Å²) in [5.74, 6) is 1.39. The van der Waals surface area contributed by atoms with E-state index in [1.54, 1.807) is 24.1 Å². The number of nitrogens with one attached hydrogen (secondary N) is 1. The van der Waals surface area contributed by atoms with E-state index in [2.05, 4.69) is 5.32 Å². The summed E-state index contributed by atoms with van der Waals surface area (Å²) in [6.45, 7) is 2.29. The Morgan fingerprint density at radius 2 is 1.66 bits per heavy atom. The first-order valence-corrected chi connectivity index (χ1v) is 10.5. The summed E-state index contributed by atoms with van der Waals surface area (Å²) < 4.78 is 21.3. The fourth-order valence-electron chi connectivity index (χ4n) is 3.90. The van der Waals surface area contributed by atoms with Crippen LogP contribution >= 0.6 is 0 Å². The van der Waals surface area contributed by atoms with Crippen LogP contribution in [0.2, 0.25) is 0 Å². The van der Waals surface area contributed by atoms with Crippen molar-refractivity contribution in [3.05, 3.63) is 42.0 Å². The van der Waals surface area contributed by atoms with Crippen LogP contribution in [-0.2, 0) is 9.59 Å². The monoisotopic (exact) mass is 442 g/mol. The number of anilines is 1. The summed E-state index contributed by atoms with van der Waals surface area (Å²) in [6, 6.07) is 10.9. The van der Waals surface area contributed by atoms with E-state index < -0.39 is 5.92 Å². The molecule has 2 aromatic carbocycles. The van der Waals surface area contributed by atoms with E-state index >= 15 is 0 Å². The number of hydrogen-bond donors (Lipinski definition) is 1. The van der Waals surface area contributed by atoms with Crippen LogP contribution in [0.4, 0.5) is 5.69 Å². The molecule has 0 saturated carbocycles. The zero-order valence-corrected chi connectivity index (χ0v) is 19.1. The minimum absolute atomic E-state index is 0.128. The van der Waals surface area contributed by atoms with Gasteiger partial charge in [-0.05, 0) is 24.1 Å². The second-order valence-corrected chi connectivity index (χ2v) is 7.53. The van der Waals surface area contributed by atoms with Gasteiger partial charge >= 0.3 is 0 Å². The summed E-state index contributed by atoms with van der Waals surface area (Å²) in [5.41, 5.74) is 1.59. The van der Waals surface area contributed by atoms with Crippen molar-refractivity contribution >= 4 is 17.5 Å². The highest BCUT2D eigenvalue weighted by atomic mass is 16.5. The number of carbonyl (C=O) groups is 2. The molecule has 0 spiro atoms. The maximum Gasteiger partial charge on any atom is 0.227 e. The molecule has 1 saturated heterocycles. The Hall–Kier alpha value is -3.42. The molecule has 1 N–H and O–H groups in total. The number of nitrogens with zero attached hydrogens (tertiary/aromatic N) is 1. The molecule has 2 unspecified atom stereocenters. The maximum atomic E-state index is 13.0. The normalized spacial score (nSPS) is 16.5. The molecule has 2 aromatic rings. The molecule has 1 heterocycles. The van der Waals surface area contributed by atoms with E-state index in [9.17, 15) is 9.59 Å². The van der Waals surface area contributed by atoms with E-state index in [1.165, 1.54) is 21.3 Å². The second kappa shape index (κ2) is 10.3. The first kappa shape index (κ1) is 23.2. The van der Waals surface area contributed by atoms with E-state index in [4.69, 9.17) is 18.9 Å². The van der Waals surface area contributed by atoms with Gasteiger partial charge in [0.2, 0.25) is 17.6 Å².